The van der Waals surface area contributed by atoms with Gasteiger partial charge in [0, 0.05) is 6.54 Å². The van der Waals surface area contributed by atoms with E-state index in [1.54, 1.807) is 0 Å². The summed E-state index contributed by atoms with van der Waals surface area (Å²) >= 11 is 0. The van der Waals surface area contributed by atoms with Crippen LogP contribution in [-0.2, 0) is 11.3 Å². The minimum absolute atomic E-state index is 0.0245. The first-order chi connectivity index (χ1) is 11.3. The molecule has 116 valence electrons. The second-order valence-corrected chi connectivity index (χ2v) is 6.51. The molecule has 4 rings (SSSR count). The molecule has 0 radical (unpaired) electrons. The molecular weight excluding hydrogens is 282 g/mol. The maximum absolute atomic E-state index is 12.7. The molecule has 23 heavy (non-hydrogen) atoms. The second kappa shape index (κ2) is 6.04. The lowest BCUT2D eigenvalue weighted by molar-refractivity contribution is -0.154. The smallest absolute Gasteiger partial charge is 0.232 e. The number of carbonyl (C=O) groups is 1. The maximum atomic E-state index is 12.7. The summed E-state index contributed by atoms with van der Waals surface area (Å²) in [6.07, 6.45) is 5.86. The van der Waals surface area contributed by atoms with E-state index in [1.165, 1.54) is 36.0 Å². The molecule has 1 saturated carbocycles. The first-order valence-corrected chi connectivity index (χ1v) is 8.42. The molecule has 1 amide bonds. The van der Waals surface area contributed by atoms with Crippen molar-refractivity contribution in [3.05, 3.63) is 83.4 Å². The van der Waals surface area contributed by atoms with Gasteiger partial charge in [-0.3, -0.25) is 4.79 Å². The summed E-state index contributed by atoms with van der Waals surface area (Å²) in [6.45, 7) is 0.693. The summed E-state index contributed by atoms with van der Waals surface area (Å²) in [5, 5.41) is 0. The highest BCUT2D eigenvalue weighted by molar-refractivity contribution is 5.88. The van der Waals surface area contributed by atoms with Crippen molar-refractivity contribution in [3.63, 3.8) is 0 Å². The predicted octanol–water partition coefficient (Wildman–Crippen LogP) is 4.50. The molecule has 2 aromatic carbocycles. The number of likely N-dealkylation sites (tertiary alicyclic amines) is 1. The molecule has 1 unspecified atom stereocenters. The van der Waals surface area contributed by atoms with Crippen molar-refractivity contribution in [2.75, 3.05) is 0 Å². The average molecular weight is 303 g/mol. The number of hydrogen-bond acceptors (Lipinski definition) is 1. The molecule has 2 atom stereocenters. The Balaban J connectivity index is 1.61. The van der Waals surface area contributed by atoms with Crippen LogP contribution in [0.25, 0.3) is 0 Å². The molecule has 1 heterocycles. The van der Waals surface area contributed by atoms with Gasteiger partial charge in [-0.25, -0.2) is 0 Å². The summed E-state index contributed by atoms with van der Waals surface area (Å²) in [6, 6.07) is 20.9. The average Bonchev–Trinajstić information content (AvgIpc) is 2.56. The SMILES string of the molecule is O=C1C(C=C2CCC2)[C@@H](c2ccccc2)N1Cc1ccccc1. The Morgan fingerprint density at radius 2 is 1.61 bits per heavy atom. The van der Waals surface area contributed by atoms with Crippen LogP contribution < -0.4 is 0 Å². The van der Waals surface area contributed by atoms with Crippen molar-refractivity contribution >= 4 is 5.91 Å². The fraction of sp³-hybridized carbons (Fsp3) is 0.286. The van der Waals surface area contributed by atoms with Crippen LogP contribution in [-0.4, -0.2) is 10.8 Å². The summed E-state index contributed by atoms with van der Waals surface area (Å²) < 4.78 is 0. The van der Waals surface area contributed by atoms with Gasteiger partial charge < -0.3 is 4.90 Å². The van der Waals surface area contributed by atoms with Crippen molar-refractivity contribution in [2.24, 2.45) is 5.92 Å². The van der Waals surface area contributed by atoms with Crippen LogP contribution in [0.5, 0.6) is 0 Å². The largest absolute Gasteiger partial charge is 0.330 e. The third-order valence-electron chi connectivity index (χ3n) is 4.99. The van der Waals surface area contributed by atoms with Gasteiger partial charge in [-0.1, -0.05) is 72.3 Å². The number of rotatable bonds is 4. The molecule has 2 nitrogen and oxygen atoms in total. The number of carbonyl (C=O) groups excluding carboxylic acids is 1. The number of hydrogen-bond donors (Lipinski definition) is 0. The molecule has 2 heteroatoms. The fourth-order valence-corrected chi connectivity index (χ4v) is 3.53. The zero-order valence-electron chi connectivity index (χ0n) is 13.2. The Morgan fingerprint density at radius 1 is 0.957 bits per heavy atom. The van der Waals surface area contributed by atoms with Crippen molar-refractivity contribution in [2.45, 2.75) is 31.8 Å². The maximum Gasteiger partial charge on any atom is 0.232 e. The number of nitrogens with zero attached hydrogens (tertiary/aromatic N) is 1. The minimum Gasteiger partial charge on any atom is -0.330 e. The van der Waals surface area contributed by atoms with Crippen LogP contribution in [0, 0.1) is 5.92 Å². The first-order valence-electron chi connectivity index (χ1n) is 8.42. The fourth-order valence-electron chi connectivity index (χ4n) is 3.53. The molecule has 0 N–H and O–H groups in total. The topological polar surface area (TPSA) is 20.3 Å². The number of β-lactam (4-membered cyclic amide) rings is 1. The van der Waals surface area contributed by atoms with Crippen LogP contribution in [0.3, 0.4) is 0 Å². The lowest BCUT2D eigenvalue weighted by Crippen LogP contribution is -2.53. The van der Waals surface area contributed by atoms with E-state index in [1.807, 2.05) is 29.2 Å². The number of benzene rings is 2. The van der Waals surface area contributed by atoms with Gasteiger partial charge in [-0.05, 0) is 30.4 Å². The van der Waals surface area contributed by atoms with Crippen molar-refractivity contribution in [1.29, 1.82) is 0 Å². The molecule has 0 aromatic heterocycles. The van der Waals surface area contributed by atoms with Gasteiger partial charge in [0.2, 0.25) is 5.91 Å². The summed E-state index contributed by atoms with van der Waals surface area (Å²) in [4.78, 5) is 14.7. The van der Waals surface area contributed by atoms with Crippen molar-refractivity contribution in [3.8, 4) is 0 Å². The zero-order chi connectivity index (χ0) is 15.6. The van der Waals surface area contributed by atoms with E-state index in [0.29, 0.717) is 6.54 Å². The monoisotopic (exact) mass is 303 g/mol. The quantitative estimate of drug-likeness (QED) is 0.601. The molecule has 1 saturated heterocycles. The normalized spacial score (nSPS) is 23.2. The van der Waals surface area contributed by atoms with E-state index in [2.05, 4.69) is 42.5 Å². The van der Waals surface area contributed by atoms with E-state index >= 15 is 0 Å². The van der Waals surface area contributed by atoms with Crippen LogP contribution >= 0.6 is 0 Å². The highest BCUT2D eigenvalue weighted by atomic mass is 16.2. The molecule has 0 bridgehead atoms. The van der Waals surface area contributed by atoms with E-state index in [4.69, 9.17) is 0 Å². The molecule has 1 aliphatic heterocycles. The van der Waals surface area contributed by atoms with Crippen molar-refractivity contribution < 1.29 is 4.79 Å². The highest BCUT2D eigenvalue weighted by Gasteiger charge is 2.46. The van der Waals surface area contributed by atoms with Gasteiger partial charge in [0.05, 0.1) is 12.0 Å². The Labute approximate surface area is 137 Å². The number of amides is 1. The van der Waals surface area contributed by atoms with Gasteiger partial charge >= 0.3 is 0 Å². The molecular formula is C21H21NO. The van der Waals surface area contributed by atoms with Gasteiger partial charge in [-0.2, -0.15) is 0 Å². The molecule has 2 fully saturated rings. The molecule has 1 aliphatic carbocycles. The van der Waals surface area contributed by atoms with E-state index < -0.39 is 0 Å². The Hall–Kier alpha value is -2.35. The number of allylic oxidation sites excluding steroid dienone is 1. The third kappa shape index (κ3) is 2.70. The van der Waals surface area contributed by atoms with Gasteiger partial charge in [0.25, 0.3) is 0 Å². The molecule has 2 aromatic rings. The van der Waals surface area contributed by atoms with Gasteiger partial charge in [0.1, 0.15) is 0 Å². The predicted molar refractivity (Wildman–Crippen MR) is 91.6 cm³/mol. The Kier molecular flexibility index (Phi) is 3.74. The van der Waals surface area contributed by atoms with E-state index in [9.17, 15) is 4.79 Å². The summed E-state index contributed by atoms with van der Waals surface area (Å²) in [5.74, 6) is 0.290. The zero-order valence-corrected chi connectivity index (χ0v) is 13.2. The lowest BCUT2D eigenvalue weighted by Gasteiger charge is -2.47. The molecule has 0 spiro atoms. The van der Waals surface area contributed by atoms with Crippen LogP contribution in [0.4, 0.5) is 0 Å². The van der Waals surface area contributed by atoms with Crippen LogP contribution in [0.15, 0.2) is 72.3 Å². The minimum atomic E-state index is 0.0245. The van der Waals surface area contributed by atoms with Crippen molar-refractivity contribution in [1.82, 2.24) is 4.90 Å². The van der Waals surface area contributed by atoms with Crippen LogP contribution in [0.2, 0.25) is 0 Å². The summed E-state index contributed by atoms with van der Waals surface area (Å²) in [5.41, 5.74) is 3.89. The molecule has 2 aliphatic rings. The van der Waals surface area contributed by atoms with Gasteiger partial charge in [0.15, 0.2) is 0 Å². The van der Waals surface area contributed by atoms with Crippen LogP contribution in [0.1, 0.15) is 36.4 Å². The standard InChI is InChI=1S/C21H21NO/c23-21-19(14-16-10-7-11-16)20(18-12-5-2-6-13-18)22(21)15-17-8-3-1-4-9-17/h1-6,8-9,12-14,19-20H,7,10-11,15H2/t19?,20-/m1/s1. The first kappa shape index (κ1) is 14.3. The lowest BCUT2D eigenvalue weighted by atomic mass is 9.78. The Bertz CT molecular complexity index is 714. The Morgan fingerprint density at radius 3 is 2.22 bits per heavy atom. The third-order valence-corrected chi connectivity index (χ3v) is 4.99. The summed E-state index contributed by atoms with van der Waals surface area (Å²) in [7, 11) is 0. The van der Waals surface area contributed by atoms with E-state index in [-0.39, 0.29) is 17.9 Å². The second-order valence-electron chi connectivity index (χ2n) is 6.51. The van der Waals surface area contributed by atoms with Gasteiger partial charge in [-0.15, -0.1) is 0 Å². The van der Waals surface area contributed by atoms with E-state index in [0.717, 1.165) is 0 Å². The highest BCUT2D eigenvalue weighted by Crippen LogP contribution is 2.43.